The quantitative estimate of drug-likeness (QED) is 0.664. The van der Waals surface area contributed by atoms with Gasteiger partial charge >= 0.3 is 0 Å². The number of likely N-dealkylation sites (tertiary alicyclic amines) is 1. The van der Waals surface area contributed by atoms with E-state index in [1.165, 1.54) is 9.13 Å². The highest BCUT2D eigenvalue weighted by atomic mass is 127. The number of rotatable bonds is 3. The number of hydrazone groups is 1. The first-order valence-electron chi connectivity index (χ1n) is 5.93. The Bertz CT molecular complexity index is 473. The molecule has 0 unspecified atom stereocenters. The number of hydrogen-bond donors (Lipinski definition) is 1. The Kier molecular flexibility index (Phi) is 4.57. The predicted octanol–water partition coefficient (Wildman–Crippen LogP) is 1.99. The van der Waals surface area contributed by atoms with Crippen LogP contribution in [0, 0.1) is 3.57 Å². The first kappa shape index (κ1) is 13.3. The molecule has 0 saturated carbocycles. The zero-order chi connectivity index (χ0) is 13.0. The van der Waals surface area contributed by atoms with Crippen molar-refractivity contribution in [2.45, 2.75) is 19.4 Å². The summed E-state index contributed by atoms with van der Waals surface area (Å²) < 4.78 is 1.20. The van der Waals surface area contributed by atoms with Gasteiger partial charge in [0.2, 0.25) is 5.91 Å². The number of benzene rings is 1. The van der Waals surface area contributed by atoms with Crippen LogP contribution in [0.5, 0.6) is 0 Å². The van der Waals surface area contributed by atoms with E-state index in [2.05, 4.69) is 51.3 Å². The summed E-state index contributed by atoms with van der Waals surface area (Å²) in [6.45, 7) is 1.45. The normalized spacial score (nSPS) is 18.2. The molecule has 1 N–H and O–H groups in total. The van der Waals surface area contributed by atoms with Gasteiger partial charge in [-0.05, 0) is 40.3 Å². The molecule has 0 atom stereocenters. The highest BCUT2D eigenvalue weighted by Gasteiger charge is 2.22. The molecule has 2 rings (SSSR count). The van der Waals surface area contributed by atoms with Crippen molar-refractivity contribution in [2.75, 3.05) is 13.6 Å². The first-order chi connectivity index (χ1) is 8.69. The SMILES string of the molecule is CN/N=C1\CCN(Cc2cccc(I)c2)C(=O)C1. The molecule has 1 aromatic carbocycles. The molecular weight excluding hydrogens is 341 g/mol. The molecule has 1 heterocycles. The molecule has 5 heteroatoms. The van der Waals surface area contributed by atoms with Crippen LogP contribution in [0.3, 0.4) is 0 Å². The van der Waals surface area contributed by atoms with E-state index < -0.39 is 0 Å². The Balaban J connectivity index is 1.99. The van der Waals surface area contributed by atoms with Crippen LogP contribution in [0.2, 0.25) is 0 Å². The molecule has 1 amide bonds. The topological polar surface area (TPSA) is 44.7 Å². The number of amides is 1. The Hall–Kier alpha value is -1.11. The van der Waals surface area contributed by atoms with Crippen LogP contribution in [0.4, 0.5) is 0 Å². The third-order valence-electron chi connectivity index (χ3n) is 2.91. The number of carbonyl (C=O) groups excluding carboxylic acids is 1. The molecule has 0 aliphatic carbocycles. The van der Waals surface area contributed by atoms with Gasteiger partial charge in [0.25, 0.3) is 0 Å². The lowest BCUT2D eigenvalue weighted by molar-refractivity contribution is -0.131. The van der Waals surface area contributed by atoms with Crippen molar-refractivity contribution in [1.29, 1.82) is 0 Å². The van der Waals surface area contributed by atoms with Crippen molar-refractivity contribution in [3.05, 3.63) is 33.4 Å². The van der Waals surface area contributed by atoms with Gasteiger partial charge in [-0.3, -0.25) is 4.79 Å². The summed E-state index contributed by atoms with van der Waals surface area (Å²) in [7, 11) is 1.76. The number of nitrogens with zero attached hydrogens (tertiary/aromatic N) is 2. The summed E-state index contributed by atoms with van der Waals surface area (Å²) in [4.78, 5) is 13.9. The van der Waals surface area contributed by atoms with Crippen LogP contribution in [0.15, 0.2) is 29.4 Å². The third kappa shape index (κ3) is 3.44. The van der Waals surface area contributed by atoms with Gasteiger partial charge in [0.15, 0.2) is 0 Å². The lowest BCUT2D eigenvalue weighted by Gasteiger charge is -2.27. The first-order valence-corrected chi connectivity index (χ1v) is 7.01. The maximum atomic E-state index is 12.0. The molecule has 0 aromatic heterocycles. The van der Waals surface area contributed by atoms with Gasteiger partial charge in [-0.1, -0.05) is 12.1 Å². The molecule has 1 fully saturated rings. The Morgan fingerprint density at radius 2 is 2.33 bits per heavy atom. The lowest BCUT2D eigenvalue weighted by atomic mass is 10.1. The van der Waals surface area contributed by atoms with E-state index in [4.69, 9.17) is 0 Å². The minimum atomic E-state index is 0.161. The molecule has 4 nitrogen and oxygen atoms in total. The molecule has 18 heavy (non-hydrogen) atoms. The van der Waals surface area contributed by atoms with E-state index in [0.29, 0.717) is 13.0 Å². The van der Waals surface area contributed by atoms with Crippen molar-refractivity contribution in [3.8, 4) is 0 Å². The summed E-state index contributed by atoms with van der Waals surface area (Å²) >= 11 is 2.29. The number of nitrogens with one attached hydrogen (secondary N) is 1. The van der Waals surface area contributed by atoms with Crippen molar-refractivity contribution in [3.63, 3.8) is 0 Å². The minimum Gasteiger partial charge on any atom is -0.338 e. The van der Waals surface area contributed by atoms with E-state index in [9.17, 15) is 4.79 Å². The highest BCUT2D eigenvalue weighted by Crippen LogP contribution is 2.15. The maximum absolute atomic E-state index is 12.0. The van der Waals surface area contributed by atoms with E-state index in [-0.39, 0.29) is 5.91 Å². The number of halogens is 1. The van der Waals surface area contributed by atoms with Crippen molar-refractivity contribution < 1.29 is 4.79 Å². The van der Waals surface area contributed by atoms with Crippen molar-refractivity contribution in [2.24, 2.45) is 5.10 Å². The molecule has 1 aliphatic heterocycles. The Labute approximate surface area is 121 Å². The van der Waals surface area contributed by atoms with Gasteiger partial charge in [0.05, 0.1) is 6.42 Å². The van der Waals surface area contributed by atoms with Gasteiger partial charge < -0.3 is 10.3 Å². The van der Waals surface area contributed by atoms with E-state index in [1.807, 2.05) is 11.0 Å². The molecule has 0 bridgehead atoms. The average Bonchev–Trinajstić information content (AvgIpc) is 2.33. The molecule has 96 valence electrons. The molecule has 0 spiro atoms. The summed E-state index contributed by atoms with van der Waals surface area (Å²) in [5, 5.41) is 4.11. The molecule has 1 aliphatic rings. The fourth-order valence-electron chi connectivity index (χ4n) is 2.04. The second kappa shape index (κ2) is 6.17. The second-order valence-electron chi connectivity index (χ2n) is 4.27. The zero-order valence-corrected chi connectivity index (χ0v) is 12.5. The van der Waals surface area contributed by atoms with Gasteiger partial charge in [0.1, 0.15) is 0 Å². The average molecular weight is 357 g/mol. The van der Waals surface area contributed by atoms with Gasteiger partial charge in [-0.2, -0.15) is 5.10 Å². The fraction of sp³-hybridized carbons (Fsp3) is 0.385. The van der Waals surface area contributed by atoms with Gasteiger partial charge in [-0.25, -0.2) is 0 Å². The summed E-state index contributed by atoms with van der Waals surface area (Å²) in [6.07, 6.45) is 1.29. The highest BCUT2D eigenvalue weighted by molar-refractivity contribution is 14.1. The predicted molar refractivity (Wildman–Crippen MR) is 80.3 cm³/mol. The van der Waals surface area contributed by atoms with Crippen LogP contribution >= 0.6 is 22.6 Å². The lowest BCUT2D eigenvalue weighted by Crippen LogP contribution is -2.38. The summed E-state index contributed by atoms with van der Waals surface area (Å²) in [5.41, 5.74) is 4.88. The van der Waals surface area contributed by atoms with Crippen molar-refractivity contribution >= 4 is 34.2 Å². The minimum absolute atomic E-state index is 0.161. The number of carbonyl (C=O) groups is 1. The van der Waals surface area contributed by atoms with Gasteiger partial charge in [-0.15, -0.1) is 0 Å². The van der Waals surface area contributed by atoms with Gasteiger partial charge in [0, 0.05) is 35.8 Å². The van der Waals surface area contributed by atoms with Crippen molar-refractivity contribution in [1.82, 2.24) is 10.3 Å². The second-order valence-corrected chi connectivity index (χ2v) is 5.52. The van der Waals surface area contributed by atoms with Crippen LogP contribution in [0.25, 0.3) is 0 Å². The largest absolute Gasteiger partial charge is 0.338 e. The smallest absolute Gasteiger partial charge is 0.228 e. The Morgan fingerprint density at radius 1 is 1.50 bits per heavy atom. The van der Waals surface area contributed by atoms with E-state index in [1.54, 1.807) is 7.05 Å². The maximum Gasteiger partial charge on any atom is 0.228 e. The van der Waals surface area contributed by atoms with Crippen LogP contribution in [0.1, 0.15) is 18.4 Å². The van der Waals surface area contributed by atoms with Crippen LogP contribution in [-0.2, 0) is 11.3 Å². The monoisotopic (exact) mass is 357 g/mol. The molecule has 0 radical (unpaired) electrons. The van der Waals surface area contributed by atoms with Crippen LogP contribution < -0.4 is 5.43 Å². The fourth-order valence-corrected chi connectivity index (χ4v) is 2.65. The summed E-state index contributed by atoms with van der Waals surface area (Å²) in [5.74, 6) is 0.161. The van der Waals surface area contributed by atoms with Crippen LogP contribution in [-0.4, -0.2) is 30.1 Å². The molecular formula is C13H16IN3O. The zero-order valence-electron chi connectivity index (χ0n) is 10.3. The third-order valence-corrected chi connectivity index (χ3v) is 3.58. The van der Waals surface area contributed by atoms with E-state index in [0.717, 1.165) is 18.7 Å². The molecule has 1 saturated heterocycles. The molecule has 1 aromatic rings. The van der Waals surface area contributed by atoms with E-state index >= 15 is 0 Å². The summed E-state index contributed by atoms with van der Waals surface area (Å²) in [6, 6.07) is 8.26. The number of hydrogen-bond acceptors (Lipinski definition) is 3. The number of piperidine rings is 1. The Morgan fingerprint density at radius 3 is 3.00 bits per heavy atom. The standard InChI is InChI=1S/C13H16IN3O/c1-15-16-12-5-6-17(13(18)8-12)9-10-3-2-4-11(14)7-10/h2-4,7,15H,5-6,8-9H2,1H3/b16-12+.